The van der Waals surface area contributed by atoms with Gasteiger partial charge in [-0.15, -0.1) is 0 Å². The van der Waals surface area contributed by atoms with Crippen molar-refractivity contribution < 1.29 is 10.0 Å². The van der Waals surface area contributed by atoms with Gasteiger partial charge in [-0.05, 0) is 49.7 Å². The molecule has 20 heavy (non-hydrogen) atoms. The minimum absolute atomic E-state index is 0.0210. The molecule has 0 radical (unpaired) electrons. The predicted molar refractivity (Wildman–Crippen MR) is 76.6 cm³/mol. The van der Waals surface area contributed by atoms with Gasteiger partial charge in [-0.2, -0.15) is 0 Å². The van der Waals surface area contributed by atoms with E-state index >= 15 is 0 Å². The summed E-state index contributed by atoms with van der Waals surface area (Å²) < 4.78 is 0. The Kier molecular flexibility index (Phi) is 3.12. The third-order valence-electron chi connectivity index (χ3n) is 4.51. The number of nitrogens with one attached hydrogen (secondary N) is 1. The molecule has 0 bridgehead atoms. The smallest absolute Gasteiger partial charge is 0.227 e. The number of hydrogen-bond acceptors (Lipinski definition) is 3. The van der Waals surface area contributed by atoms with Crippen molar-refractivity contribution in [1.29, 1.82) is 0 Å². The molecule has 0 heterocycles. The monoisotopic (exact) mass is 273 g/mol. The summed E-state index contributed by atoms with van der Waals surface area (Å²) >= 11 is 0. The highest BCUT2D eigenvalue weighted by Gasteiger charge is 2.48. The Labute approximate surface area is 117 Å². The standard InChI is InChI=1S/C15H19N3O2/c1-8-3-2-4-12(13(8)14(16)18-20)17-15(19)11-6-9-5-10(9)7-11/h2-4,9-11,20H,5-7H2,1H3,(H2,16,18)(H,17,19). The summed E-state index contributed by atoms with van der Waals surface area (Å²) in [6.07, 6.45) is 3.30. The van der Waals surface area contributed by atoms with Crippen molar-refractivity contribution >= 4 is 17.4 Å². The van der Waals surface area contributed by atoms with Crippen LogP contribution in [0.25, 0.3) is 0 Å². The molecule has 2 saturated carbocycles. The first-order chi connectivity index (χ1) is 9.60. The van der Waals surface area contributed by atoms with Crippen LogP contribution < -0.4 is 11.1 Å². The number of rotatable bonds is 3. The van der Waals surface area contributed by atoms with Crippen molar-refractivity contribution in [3.05, 3.63) is 29.3 Å². The number of fused-ring (bicyclic) bond motifs is 1. The normalized spacial score (nSPS) is 28.1. The molecule has 1 aromatic carbocycles. The van der Waals surface area contributed by atoms with E-state index in [4.69, 9.17) is 10.9 Å². The van der Waals surface area contributed by atoms with Crippen molar-refractivity contribution in [2.45, 2.75) is 26.2 Å². The molecule has 0 saturated heterocycles. The van der Waals surface area contributed by atoms with Crippen LogP contribution in [-0.4, -0.2) is 17.0 Å². The second kappa shape index (κ2) is 4.81. The summed E-state index contributed by atoms with van der Waals surface area (Å²) in [7, 11) is 0. The maximum atomic E-state index is 12.3. The van der Waals surface area contributed by atoms with Gasteiger partial charge >= 0.3 is 0 Å². The van der Waals surface area contributed by atoms with Gasteiger partial charge in [0.1, 0.15) is 0 Å². The summed E-state index contributed by atoms with van der Waals surface area (Å²) in [5.41, 5.74) is 7.78. The van der Waals surface area contributed by atoms with Crippen LogP contribution in [0.15, 0.2) is 23.4 Å². The number of amides is 1. The molecule has 0 spiro atoms. The zero-order chi connectivity index (χ0) is 14.3. The van der Waals surface area contributed by atoms with Gasteiger partial charge in [-0.1, -0.05) is 17.3 Å². The second-order valence-electron chi connectivity index (χ2n) is 5.90. The van der Waals surface area contributed by atoms with Gasteiger partial charge in [0.05, 0.1) is 5.69 Å². The van der Waals surface area contributed by atoms with E-state index in [1.165, 1.54) is 6.42 Å². The fourth-order valence-corrected chi connectivity index (χ4v) is 3.33. The Hall–Kier alpha value is -2.04. The van der Waals surface area contributed by atoms with Crippen molar-refractivity contribution in [2.24, 2.45) is 28.6 Å². The molecule has 2 unspecified atom stereocenters. The number of nitrogens with two attached hydrogens (primary N) is 1. The van der Waals surface area contributed by atoms with Crippen LogP contribution in [-0.2, 0) is 4.79 Å². The average molecular weight is 273 g/mol. The van der Waals surface area contributed by atoms with E-state index in [0.717, 1.165) is 30.2 Å². The largest absolute Gasteiger partial charge is 0.409 e. The fourth-order valence-electron chi connectivity index (χ4n) is 3.33. The van der Waals surface area contributed by atoms with Crippen molar-refractivity contribution in [2.75, 3.05) is 5.32 Å². The number of anilines is 1. The Morgan fingerprint density at radius 3 is 2.70 bits per heavy atom. The summed E-state index contributed by atoms with van der Waals surface area (Å²) in [4.78, 5) is 12.3. The van der Waals surface area contributed by atoms with Gasteiger partial charge in [0.2, 0.25) is 5.91 Å². The molecule has 2 fully saturated rings. The van der Waals surface area contributed by atoms with Crippen LogP contribution in [0.4, 0.5) is 5.69 Å². The molecule has 0 aromatic heterocycles. The lowest BCUT2D eigenvalue weighted by Crippen LogP contribution is -2.24. The van der Waals surface area contributed by atoms with Gasteiger partial charge < -0.3 is 16.3 Å². The van der Waals surface area contributed by atoms with Crippen molar-refractivity contribution in [3.63, 3.8) is 0 Å². The molecule has 0 aliphatic heterocycles. The first kappa shape index (κ1) is 13.0. The average Bonchev–Trinajstić information content (AvgIpc) is 3.04. The topological polar surface area (TPSA) is 87.7 Å². The number of hydrogen-bond donors (Lipinski definition) is 3. The Morgan fingerprint density at radius 1 is 1.35 bits per heavy atom. The molecule has 1 aromatic rings. The molecular formula is C15H19N3O2. The van der Waals surface area contributed by atoms with E-state index < -0.39 is 0 Å². The van der Waals surface area contributed by atoms with Gasteiger partial charge in [-0.3, -0.25) is 4.79 Å². The second-order valence-corrected chi connectivity index (χ2v) is 5.90. The lowest BCUT2D eigenvalue weighted by Gasteiger charge is -2.16. The molecule has 2 aliphatic carbocycles. The molecule has 106 valence electrons. The minimum atomic E-state index is 0.0210. The number of carbonyl (C=O) groups excluding carboxylic acids is 1. The van der Waals surface area contributed by atoms with E-state index in [1.54, 1.807) is 6.07 Å². The van der Waals surface area contributed by atoms with Crippen LogP contribution in [0.5, 0.6) is 0 Å². The Bertz CT molecular complexity index is 572. The van der Waals surface area contributed by atoms with E-state index in [0.29, 0.717) is 11.3 Å². The minimum Gasteiger partial charge on any atom is -0.409 e. The number of oxime groups is 1. The Balaban J connectivity index is 1.80. The first-order valence-corrected chi connectivity index (χ1v) is 6.98. The van der Waals surface area contributed by atoms with Crippen LogP contribution >= 0.6 is 0 Å². The first-order valence-electron chi connectivity index (χ1n) is 6.98. The molecule has 4 N–H and O–H groups in total. The zero-order valence-corrected chi connectivity index (χ0v) is 11.5. The van der Waals surface area contributed by atoms with Crippen LogP contribution in [0.3, 0.4) is 0 Å². The highest BCUT2D eigenvalue weighted by molar-refractivity contribution is 6.06. The van der Waals surface area contributed by atoms with Crippen molar-refractivity contribution in [1.82, 2.24) is 0 Å². The number of nitrogens with zero attached hydrogens (tertiary/aromatic N) is 1. The van der Waals surface area contributed by atoms with Gasteiger partial charge in [0, 0.05) is 11.5 Å². The quantitative estimate of drug-likeness (QED) is 0.341. The van der Waals surface area contributed by atoms with E-state index in [2.05, 4.69) is 10.5 Å². The van der Waals surface area contributed by atoms with Crippen molar-refractivity contribution in [3.8, 4) is 0 Å². The molecular weight excluding hydrogens is 254 g/mol. The molecule has 5 nitrogen and oxygen atoms in total. The van der Waals surface area contributed by atoms with Gasteiger partial charge in [-0.25, -0.2) is 0 Å². The molecule has 1 amide bonds. The summed E-state index contributed by atoms with van der Waals surface area (Å²) in [6.45, 7) is 1.87. The highest BCUT2D eigenvalue weighted by Crippen LogP contribution is 2.54. The van der Waals surface area contributed by atoms with E-state index in [-0.39, 0.29) is 17.7 Å². The fraction of sp³-hybridized carbons (Fsp3) is 0.467. The van der Waals surface area contributed by atoms with Crippen LogP contribution in [0.2, 0.25) is 0 Å². The van der Waals surface area contributed by atoms with E-state index in [1.807, 2.05) is 19.1 Å². The predicted octanol–water partition coefficient (Wildman–Crippen LogP) is 2.07. The summed E-state index contributed by atoms with van der Waals surface area (Å²) in [6, 6.07) is 5.51. The van der Waals surface area contributed by atoms with Gasteiger partial charge in [0.25, 0.3) is 0 Å². The molecule has 5 heteroatoms. The van der Waals surface area contributed by atoms with E-state index in [9.17, 15) is 4.79 Å². The maximum absolute atomic E-state index is 12.3. The zero-order valence-electron chi connectivity index (χ0n) is 11.5. The van der Waals surface area contributed by atoms with Gasteiger partial charge in [0.15, 0.2) is 5.84 Å². The van der Waals surface area contributed by atoms with Crippen LogP contribution in [0.1, 0.15) is 30.4 Å². The third-order valence-corrected chi connectivity index (χ3v) is 4.51. The number of benzene rings is 1. The molecule has 2 aliphatic rings. The number of aryl methyl sites for hydroxylation is 1. The SMILES string of the molecule is Cc1cccc(NC(=O)C2CC3CC3C2)c1/C(N)=N/O. The third kappa shape index (κ3) is 2.24. The maximum Gasteiger partial charge on any atom is 0.227 e. The summed E-state index contributed by atoms with van der Waals surface area (Å²) in [5.74, 6) is 1.72. The number of carbonyl (C=O) groups is 1. The molecule has 2 atom stereocenters. The molecule has 3 rings (SSSR count). The Morgan fingerprint density at radius 2 is 2.05 bits per heavy atom. The highest BCUT2D eigenvalue weighted by atomic mass is 16.4. The lowest BCUT2D eigenvalue weighted by atomic mass is 10.0. The summed E-state index contributed by atoms with van der Waals surface area (Å²) in [5, 5.41) is 14.9. The lowest BCUT2D eigenvalue weighted by molar-refractivity contribution is -0.120. The van der Waals surface area contributed by atoms with Crippen LogP contribution in [0, 0.1) is 24.7 Å². The number of amidine groups is 1.